The maximum absolute atomic E-state index is 12.7. The molecule has 1 heterocycles. The quantitative estimate of drug-likeness (QED) is 0.699. The molecule has 4 rings (SSSR count). The van der Waals surface area contributed by atoms with Gasteiger partial charge in [-0.05, 0) is 74.6 Å². The fourth-order valence-corrected chi connectivity index (χ4v) is 4.52. The maximum atomic E-state index is 12.7. The third kappa shape index (κ3) is 3.65. The van der Waals surface area contributed by atoms with E-state index in [1.807, 2.05) is 16.5 Å². The van der Waals surface area contributed by atoms with Crippen LogP contribution in [-0.4, -0.2) is 44.4 Å². The maximum Gasteiger partial charge on any atom is 0.233 e. The minimum atomic E-state index is 0.202. The van der Waals surface area contributed by atoms with Gasteiger partial charge in [0.05, 0.1) is 5.75 Å². The molecule has 0 bridgehead atoms. The lowest BCUT2D eigenvalue weighted by Crippen LogP contribution is -2.41. The van der Waals surface area contributed by atoms with Gasteiger partial charge in [-0.3, -0.25) is 9.36 Å². The molecule has 2 fully saturated rings. The van der Waals surface area contributed by atoms with Crippen molar-refractivity contribution in [2.24, 2.45) is 11.8 Å². The van der Waals surface area contributed by atoms with Gasteiger partial charge in [0.15, 0.2) is 5.16 Å². The highest BCUT2D eigenvalue weighted by molar-refractivity contribution is 7.99. The number of amides is 1. The van der Waals surface area contributed by atoms with Gasteiger partial charge in [0.1, 0.15) is 6.33 Å². The molecule has 2 aliphatic rings. The van der Waals surface area contributed by atoms with E-state index in [0.29, 0.717) is 11.8 Å². The Balaban J connectivity index is 1.42. The highest BCUT2D eigenvalue weighted by Crippen LogP contribution is 2.47. The van der Waals surface area contributed by atoms with E-state index in [0.717, 1.165) is 22.7 Å². The predicted octanol–water partition coefficient (Wildman–Crippen LogP) is 3.62. The Labute approximate surface area is 159 Å². The summed E-state index contributed by atoms with van der Waals surface area (Å²) in [6.07, 6.45) is 6.86. The number of benzene rings is 1. The number of nitrogens with zero attached hydrogens (tertiary/aromatic N) is 4. The van der Waals surface area contributed by atoms with Crippen molar-refractivity contribution < 1.29 is 4.79 Å². The summed E-state index contributed by atoms with van der Waals surface area (Å²) in [6, 6.07) is 6.77. The summed E-state index contributed by atoms with van der Waals surface area (Å²) >= 11 is 1.47. The number of carbonyl (C=O) groups excluding carboxylic acids is 1. The van der Waals surface area contributed by atoms with Gasteiger partial charge < -0.3 is 4.90 Å². The van der Waals surface area contributed by atoms with Crippen molar-refractivity contribution in [3.63, 3.8) is 0 Å². The third-order valence-electron chi connectivity index (χ3n) is 5.66. The van der Waals surface area contributed by atoms with Gasteiger partial charge in [0, 0.05) is 18.8 Å². The molecule has 1 aromatic carbocycles. The summed E-state index contributed by atoms with van der Waals surface area (Å²) < 4.78 is 1.96. The molecule has 138 valence electrons. The van der Waals surface area contributed by atoms with Crippen molar-refractivity contribution in [2.75, 3.05) is 12.8 Å². The van der Waals surface area contributed by atoms with E-state index in [1.54, 1.807) is 6.33 Å². The van der Waals surface area contributed by atoms with Crippen LogP contribution in [0.2, 0.25) is 0 Å². The number of rotatable bonds is 7. The Bertz CT molecular complexity index is 798. The number of thioether (sulfide) groups is 1. The summed E-state index contributed by atoms with van der Waals surface area (Å²) in [6.45, 7) is 4.20. The molecule has 2 aliphatic carbocycles. The van der Waals surface area contributed by atoms with E-state index in [2.05, 4.69) is 42.2 Å². The van der Waals surface area contributed by atoms with Crippen molar-refractivity contribution in [2.45, 2.75) is 50.7 Å². The third-order valence-corrected chi connectivity index (χ3v) is 6.59. The van der Waals surface area contributed by atoms with Gasteiger partial charge in [-0.2, -0.15) is 0 Å². The van der Waals surface area contributed by atoms with Crippen molar-refractivity contribution in [3.05, 3.63) is 35.7 Å². The van der Waals surface area contributed by atoms with Gasteiger partial charge in [0.2, 0.25) is 5.91 Å². The number of aryl methyl sites for hydroxylation is 2. The predicted molar refractivity (Wildman–Crippen MR) is 104 cm³/mol. The van der Waals surface area contributed by atoms with E-state index in [9.17, 15) is 4.79 Å². The zero-order chi connectivity index (χ0) is 18.3. The fraction of sp³-hybridized carbons (Fsp3) is 0.550. The van der Waals surface area contributed by atoms with E-state index in [1.165, 1.54) is 48.6 Å². The van der Waals surface area contributed by atoms with Crippen LogP contribution in [0.5, 0.6) is 0 Å². The van der Waals surface area contributed by atoms with Crippen molar-refractivity contribution in [3.8, 4) is 5.69 Å². The second kappa shape index (κ2) is 7.06. The van der Waals surface area contributed by atoms with Gasteiger partial charge in [-0.1, -0.05) is 17.8 Å². The second-order valence-electron chi connectivity index (χ2n) is 7.71. The number of hydrogen-bond donors (Lipinski definition) is 0. The fourth-order valence-electron chi connectivity index (χ4n) is 3.66. The molecule has 5 nitrogen and oxygen atoms in total. The number of aromatic nitrogens is 3. The van der Waals surface area contributed by atoms with Crippen LogP contribution in [0.25, 0.3) is 5.69 Å². The molecule has 2 saturated carbocycles. The summed E-state index contributed by atoms with van der Waals surface area (Å²) in [7, 11) is 1.98. The minimum absolute atomic E-state index is 0.202. The van der Waals surface area contributed by atoms with E-state index in [4.69, 9.17) is 0 Å². The first kappa shape index (κ1) is 17.6. The lowest BCUT2D eigenvalue weighted by atomic mass is 10.1. The summed E-state index contributed by atoms with van der Waals surface area (Å²) in [5.41, 5.74) is 3.54. The summed E-state index contributed by atoms with van der Waals surface area (Å²) in [5, 5.41) is 9.04. The van der Waals surface area contributed by atoms with Crippen LogP contribution in [0.1, 0.15) is 36.8 Å². The Hall–Kier alpha value is -1.82. The zero-order valence-corrected chi connectivity index (χ0v) is 16.5. The van der Waals surface area contributed by atoms with Crippen molar-refractivity contribution >= 4 is 17.7 Å². The minimum Gasteiger partial charge on any atom is -0.341 e. The van der Waals surface area contributed by atoms with E-state index >= 15 is 0 Å². The lowest BCUT2D eigenvalue weighted by molar-refractivity contribution is -0.130. The van der Waals surface area contributed by atoms with Gasteiger partial charge in [-0.25, -0.2) is 0 Å². The monoisotopic (exact) mass is 370 g/mol. The van der Waals surface area contributed by atoms with Crippen LogP contribution in [0, 0.1) is 25.7 Å². The number of hydrogen-bond acceptors (Lipinski definition) is 4. The Kier molecular flexibility index (Phi) is 4.78. The molecule has 26 heavy (non-hydrogen) atoms. The molecular formula is C20H26N4OS. The number of carbonyl (C=O) groups is 1. The van der Waals surface area contributed by atoms with Crippen LogP contribution >= 0.6 is 11.8 Å². The van der Waals surface area contributed by atoms with Crippen LogP contribution in [0.3, 0.4) is 0 Å². The Morgan fingerprint density at radius 3 is 2.54 bits per heavy atom. The molecule has 0 radical (unpaired) electrons. The van der Waals surface area contributed by atoms with Crippen molar-refractivity contribution in [1.82, 2.24) is 19.7 Å². The first-order chi connectivity index (χ1) is 12.5. The average Bonchev–Trinajstić information content (AvgIpc) is 3.56. The van der Waals surface area contributed by atoms with Crippen LogP contribution in [-0.2, 0) is 4.79 Å². The largest absolute Gasteiger partial charge is 0.341 e. The molecule has 0 saturated heterocycles. The van der Waals surface area contributed by atoms with Gasteiger partial charge in [0.25, 0.3) is 0 Å². The van der Waals surface area contributed by atoms with Crippen LogP contribution < -0.4 is 0 Å². The molecule has 2 aromatic rings. The molecule has 0 spiro atoms. The van der Waals surface area contributed by atoms with Crippen LogP contribution in [0.15, 0.2) is 29.7 Å². The molecule has 1 amide bonds. The topological polar surface area (TPSA) is 51.0 Å². The molecule has 0 atom stereocenters. The van der Waals surface area contributed by atoms with Crippen LogP contribution in [0.4, 0.5) is 0 Å². The molecular weight excluding hydrogens is 344 g/mol. The SMILES string of the molecule is Cc1ccc(-n2cnnc2SCC(=O)N(C)C(C2CC2)C2CC2)cc1C. The molecule has 6 heteroatoms. The smallest absolute Gasteiger partial charge is 0.233 e. The first-order valence-electron chi connectivity index (χ1n) is 9.40. The Morgan fingerprint density at radius 1 is 1.23 bits per heavy atom. The standard InChI is InChI=1S/C20H26N4OS/c1-13-4-9-17(10-14(13)2)24-12-21-22-20(24)26-11-18(25)23(3)19(15-5-6-15)16-7-8-16/h4,9-10,12,15-16,19H,5-8,11H2,1-3H3. The first-order valence-corrected chi connectivity index (χ1v) is 10.4. The molecule has 0 aliphatic heterocycles. The highest BCUT2D eigenvalue weighted by Gasteiger charge is 2.44. The molecule has 1 aromatic heterocycles. The van der Waals surface area contributed by atoms with E-state index < -0.39 is 0 Å². The molecule has 0 N–H and O–H groups in total. The average molecular weight is 371 g/mol. The van der Waals surface area contributed by atoms with E-state index in [-0.39, 0.29) is 5.91 Å². The molecule has 0 unspecified atom stereocenters. The summed E-state index contributed by atoms with van der Waals surface area (Å²) in [5.74, 6) is 2.09. The second-order valence-corrected chi connectivity index (χ2v) is 8.65. The van der Waals surface area contributed by atoms with Gasteiger partial charge >= 0.3 is 0 Å². The lowest BCUT2D eigenvalue weighted by Gasteiger charge is -2.28. The van der Waals surface area contributed by atoms with Crippen molar-refractivity contribution in [1.29, 1.82) is 0 Å². The highest BCUT2D eigenvalue weighted by atomic mass is 32.2. The summed E-state index contributed by atoms with van der Waals surface area (Å²) in [4.78, 5) is 14.8. The van der Waals surface area contributed by atoms with Gasteiger partial charge in [-0.15, -0.1) is 10.2 Å². The zero-order valence-electron chi connectivity index (χ0n) is 15.7. The normalized spacial score (nSPS) is 16.9. The Morgan fingerprint density at radius 2 is 1.92 bits per heavy atom.